The molecule has 1 saturated heterocycles. The lowest BCUT2D eigenvalue weighted by atomic mass is 10.2. The van der Waals surface area contributed by atoms with Gasteiger partial charge in [0.15, 0.2) is 5.41 Å². The van der Waals surface area contributed by atoms with Gasteiger partial charge < -0.3 is 9.47 Å². The molecule has 0 aromatic carbocycles. The SMILES string of the molecule is C=C[SiH2]C1(OC=O)CCCCO1. The Morgan fingerprint density at radius 3 is 2.92 bits per heavy atom. The van der Waals surface area contributed by atoms with Crippen molar-refractivity contribution in [1.82, 2.24) is 0 Å². The molecule has 0 spiro atoms. The molecule has 4 heteroatoms. The van der Waals surface area contributed by atoms with Crippen molar-refractivity contribution in [3.05, 3.63) is 12.3 Å². The summed E-state index contributed by atoms with van der Waals surface area (Å²) in [6.07, 6.45) is 2.98. The average Bonchev–Trinajstić information content (AvgIpc) is 2.07. The van der Waals surface area contributed by atoms with Crippen LogP contribution in [0.25, 0.3) is 0 Å². The average molecular weight is 186 g/mol. The largest absolute Gasteiger partial charge is 0.440 e. The first-order valence-electron chi connectivity index (χ1n) is 4.19. The first kappa shape index (κ1) is 9.47. The van der Waals surface area contributed by atoms with Gasteiger partial charge in [-0.2, -0.15) is 0 Å². The molecule has 0 aromatic heterocycles. The second-order valence-corrected chi connectivity index (χ2v) is 4.99. The van der Waals surface area contributed by atoms with Gasteiger partial charge in [0.25, 0.3) is 6.47 Å². The fourth-order valence-corrected chi connectivity index (χ4v) is 2.76. The van der Waals surface area contributed by atoms with Crippen molar-refractivity contribution in [2.24, 2.45) is 0 Å². The number of ether oxygens (including phenoxy) is 2. The van der Waals surface area contributed by atoms with Crippen LogP contribution in [0.15, 0.2) is 12.3 Å². The molecule has 1 aliphatic heterocycles. The highest BCUT2D eigenvalue weighted by Gasteiger charge is 2.33. The van der Waals surface area contributed by atoms with Crippen LogP contribution in [0.5, 0.6) is 0 Å². The van der Waals surface area contributed by atoms with Crippen molar-refractivity contribution >= 4 is 16.0 Å². The molecule has 0 bridgehead atoms. The summed E-state index contributed by atoms with van der Waals surface area (Å²) in [6.45, 7) is 4.86. The molecule has 1 rings (SSSR count). The summed E-state index contributed by atoms with van der Waals surface area (Å²) in [5.41, 5.74) is 1.29. The van der Waals surface area contributed by atoms with Gasteiger partial charge in [-0.3, -0.25) is 4.79 Å². The van der Waals surface area contributed by atoms with Crippen LogP contribution in [-0.4, -0.2) is 28.0 Å². The fraction of sp³-hybridized carbons (Fsp3) is 0.625. The molecular formula is C8H14O3Si. The molecule has 1 atom stereocenters. The van der Waals surface area contributed by atoms with Crippen LogP contribution >= 0.6 is 0 Å². The normalized spacial score (nSPS) is 30.3. The predicted octanol–water partition coefficient (Wildman–Crippen LogP) is 0.326. The minimum Gasteiger partial charge on any atom is -0.440 e. The first-order chi connectivity index (χ1) is 5.83. The Bertz CT molecular complexity index is 152. The zero-order chi connectivity index (χ0) is 8.86. The molecule has 1 unspecified atom stereocenters. The first-order valence-corrected chi connectivity index (χ1v) is 5.72. The number of rotatable bonds is 4. The van der Waals surface area contributed by atoms with E-state index in [1.807, 2.05) is 5.70 Å². The van der Waals surface area contributed by atoms with Crippen molar-refractivity contribution in [2.75, 3.05) is 6.61 Å². The molecule has 1 fully saturated rings. The van der Waals surface area contributed by atoms with E-state index in [1.165, 1.54) is 0 Å². The monoisotopic (exact) mass is 186 g/mol. The Hall–Kier alpha value is -0.613. The Morgan fingerprint density at radius 1 is 1.58 bits per heavy atom. The Labute approximate surface area is 74.6 Å². The van der Waals surface area contributed by atoms with Crippen molar-refractivity contribution in [2.45, 2.75) is 24.7 Å². The molecule has 0 aliphatic carbocycles. The summed E-state index contributed by atoms with van der Waals surface area (Å²) >= 11 is 0. The third kappa shape index (κ3) is 2.18. The maximum atomic E-state index is 10.2. The second kappa shape index (κ2) is 4.42. The number of carbonyl (C=O) groups is 1. The zero-order valence-electron chi connectivity index (χ0n) is 7.12. The third-order valence-corrected chi connectivity index (χ3v) is 3.67. The van der Waals surface area contributed by atoms with E-state index < -0.39 is 14.9 Å². The standard InChI is InChI=1S/C8H14O3Si/c1-2-12-8(11-7-9)5-3-4-6-10-8/h2,7H,1,3-6,12H2. The maximum Gasteiger partial charge on any atom is 0.295 e. The van der Waals surface area contributed by atoms with Gasteiger partial charge in [-0.15, -0.1) is 12.3 Å². The molecule has 1 aliphatic rings. The highest BCUT2D eigenvalue weighted by Crippen LogP contribution is 2.24. The quantitative estimate of drug-likeness (QED) is 0.469. The molecule has 0 aromatic rings. The Morgan fingerprint density at radius 2 is 2.42 bits per heavy atom. The van der Waals surface area contributed by atoms with Gasteiger partial charge in [0.05, 0.1) is 6.61 Å². The summed E-state index contributed by atoms with van der Waals surface area (Å²) in [5, 5.41) is 0. The molecule has 0 N–H and O–H groups in total. The fourth-order valence-electron chi connectivity index (χ4n) is 1.44. The third-order valence-electron chi connectivity index (χ3n) is 2.04. The molecule has 12 heavy (non-hydrogen) atoms. The van der Waals surface area contributed by atoms with E-state index in [1.54, 1.807) is 0 Å². The van der Waals surface area contributed by atoms with Crippen LogP contribution in [0.1, 0.15) is 19.3 Å². The van der Waals surface area contributed by atoms with E-state index in [2.05, 4.69) is 6.58 Å². The molecule has 0 saturated carbocycles. The van der Waals surface area contributed by atoms with Crippen molar-refractivity contribution in [3.63, 3.8) is 0 Å². The summed E-state index contributed by atoms with van der Waals surface area (Å²) in [7, 11) is -0.654. The van der Waals surface area contributed by atoms with E-state index in [0.29, 0.717) is 13.1 Å². The van der Waals surface area contributed by atoms with Crippen LogP contribution < -0.4 is 0 Å². The van der Waals surface area contributed by atoms with Gasteiger partial charge in [-0.05, 0) is 12.8 Å². The maximum absolute atomic E-state index is 10.2. The van der Waals surface area contributed by atoms with Gasteiger partial charge in [0.1, 0.15) is 9.52 Å². The van der Waals surface area contributed by atoms with E-state index in [0.717, 1.165) is 19.3 Å². The van der Waals surface area contributed by atoms with Crippen molar-refractivity contribution in [3.8, 4) is 0 Å². The minimum atomic E-state index is -0.654. The summed E-state index contributed by atoms with van der Waals surface area (Å²) in [4.78, 5) is 10.2. The summed E-state index contributed by atoms with van der Waals surface area (Å²) in [6, 6.07) is 0. The molecule has 0 amide bonds. The molecule has 68 valence electrons. The number of carbonyl (C=O) groups excluding carboxylic acids is 1. The van der Waals surface area contributed by atoms with Crippen LogP contribution in [-0.2, 0) is 14.3 Å². The second-order valence-electron chi connectivity index (χ2n) is 2.92. The molecule has 3 nitrogen and oxygen atoms in total. The zero-order valence-corrected chi connectivity index (χ0v) is 8.54. The van der Waals surface area contributed by atoms with E-state index in [-0.39, 0.29) is 0 Å². The highest BCUT2D eigenvalue weighted by molar-refractivity contribution is 6.45. The lowest BCUT2D eigenvalue weighted by Gasteiger charge is -2.34. The van der Waals surface area contributed by atoms with Crippen LogP contribution in [0.3, 0.4) is 0 Å². The van der Waals surface area contributed by atoms with Gasteiger partial charge in [-0.1, -0.05) is 0 Å². The van der Waals surface area contributed by atoms with E-state index in [9.17, 15) is 4.79 Å². The number of hydrogen-bond acceptors (Lipinski definition) is 3. The van der Waals surface area contributed by atoms with Crippen molar-refractivity contribution < 1.29 is 14.3 Å². The molecule has 0 radical (unpaired) electrons. The predicted molar refractivity (Wildman–Crippen MR) is 48.4 cm³/mol. The van der Waals surface area contributed by atoms with E-state index in [4.69, 9.17) is 9.47 Å². The molecule has 1 heterocycles. The lowest BCUT2D eigenvalue weighted by molar-refractivity contribution is -0.194. The topological polar surface area (TPSA) is 35.5 Å². The van der Waals surface area contributed by atoms with Crippen LogP contribution in [0.4, 0.5) is 0 Å². The Kier molecular flexibility index (Phi) is 3.49. The van der Waals surface area contributed by atoms with Gasteiger partial charge in [0.2, 0.25) is 0 Å². The summed E-state index contributed by atoms with van der Waals surface area (Å²) < 4.78 is 10.5. The van der Waals surface area contributed by atoms with Crippen molar-refractivity contribution in [1.29, 1.82) is 0 Å². The van der Waals surface area contributed by atoms with Gasteiger partial charge >= 0.3 is 0 Å². The number of hydrogen-bond donors (Lipinski definition) is 0. The smallest absolute Gasteiger partial charge is 0.295 e. The van der Waals surface area contributed by atoms with Crippen LogP contribution in [0.2, 0.25) is 0 Å². The van der Waals surface area contributed by atoms with Crippen LogP contribution in [0, 0.1) is 0 Å². The van der Waals surface area contributed by atoms with Gasteiger partial charge in [-0.25, -0.2) is 0 Å². The Balaban J connectivity index is 2.55. The van der Waals surface area contributed by atoms with Gasteiger partial charge in [0, 0.05) is 6.42 Å². The van der Waals surface area contributed by atoms with E-state index >= 15 is 0 Å². The molecular weight excluding hydrogens is 172 g/mol. The lowest BCUT2D eigenvalue weighted by Crippen LogP contribution is -2.44. The highest BCUT2D eigenvalue weighted by atomic mass is 28.2. The minimum absolute atomic E-state index is 0.488. The summed E-state index contributed by atoms with van der Waals surface area (Å²) in [5.74, 6) is 0.